The van der Waals surface area contributed by atoms with E-state index in [1.165, 1.54) is 4.68 Å². The van der Waals surface area contributed by atoms with Gasteiger partial charge in [-0.15, -0.1) is 0 Å². The maximum Gasteiger partial charge on any atom is 0.239 e. The average Bonchev–Trinajstić information content (AvgIpc) is 3.08. The largest absolute Gasteiger partial charge is 0.251 e. The van der Waals surface area contributed by atoms with E-state index < -0.39 is 10.8 Å². The minimum Gasteiger partial charge on any atom is -0.251 e. The summed E-state index contributed by atoms with van der Waals surface area (Å²) in [4.78, 5) is 0. The normalized spacial score (nSPS) is 12.8. The highest BCUT2D eigenvalue weighted by Crippen LogP contribution is 2.21. The van der Waals surface area contributed by atoms with Crippen molar-refractivity contribution in [2.45, 2.75) is 99.6 Å². The van der Waals surface area contributed by atoms with E-state index >= 15 is 0 Å². The van der Waals surface area contributed by atoms with Gasteiger partial charge in [-0.2, -0.15) is 0 Å². The zero-order valence-electron chi connectivity index (χ0n) is 21.3. The minimum atomic E-state index is -1.07. The summed E-state index contributed by atoms with van der Waals surface area (Å²) in [5.41, 5.74) is 0.355. The van der Waals surface area contributed by atoms with E-state index in [2.05, 4.69) is 102 Å². The van der Waals surface area contributed by atoms with Gasteiger partial charge in [0, 0.05) is 12.8 Å². The molecule has 1 rings (SSSR count). The lowest BCUT2D eigenvalue weighted by Crippen LogP contribution is -2.08. The van der Waals surface area contributed by atoms with E-state index in [-0.39, 0.29) is 0 Å². The van der Waals surface area contributed by atoms with E-state index in [1.54, 1.807) is 7.05 Å². The summed E-state index contributed by atoms with van der Waals surface area (Å²) in [6.45, 7) is 19.7. The topological polar surface area (TPSA) is 60.7 Å². The first-order valence-electron chi connectivity index (χ1n) is 11.4. The molecule has 1 heterocycles. The van der Waals surface area contributed by atoms with Crippen molar-refractivity contribution in [1.29, 1.82) is 0 Å². The van der Waals surface area contributed by atoms with Crippen LogP contribution in [0.3, 0.4) is 0 Å². The molecule has 0 amide bonds. The van der Waals surface area contributed by atoms with E-state index in [1.807, 2.05) is 0 Å². The highest BCUT2D eigenvalue weighted by Gasteiger charge is 2.13. The molecule has 0 fully saturated rings. The van der Waals surface area contributed by atoms with Crippen LogP contribution >= 0.6 is 0 Å². The Morgan fingerprint density at radius 3 is 1.77 bits per heavy atom. The molecule has 30 heavy (non-hydrogen) atoms. The number of aryl methyl sites for hydroxylation is 1. The van der Waals surface area contributed by atoms with Gasteiger partial charge in [0.15, 0.2) is 0 Å². The molecule has 0 aliphatic carbocycles. The molecule has 1 unspecified atom stereocenters. The number of hydrogen-bond acceptors (Lipinski definition) is 4. The zero-order valence-corrected chi connectivity index (χ0v) is 22.1. The Bertz CT molecular complexity index is 581. The SMILES string of the molecule is CC/C=C/C(C)C.CC/C=C\C(C)C.Cn1nnnc1S(=O)CCCCC(C)(C)C. The second kappa shape index (κ2) is 18.5. The standard InChI is InChI=1S/C10H20N4OS.2C7H14/c1-10(2,3)7-5-6-8-16(15)9-11-12-13-14(9)4;2*1-4-5-6-7(2)3/h5-8H2,1-4H3;2*5-7H,4H2,1-3H3/b;6-5+;6-5-. The predicted octanol–water partition coefficient (Wildman–Crippen LogP) is 6.75. The molecule has 1 atom stereocenters. The third kappa shape index (κ3) is 21.4. The summed E-state index contributed by atoms with van der Waals surface area (Å²) >= 11 is 0. The molecule has 6 heteroatoms. The van der Waals surface area contributed by atoms with Crippen LogP contribution in [0.5, 0.6) is 0 Å². The van der Waals surface area contributed by atoms with Gasteiger partial charge in [-0.3, -0.25) is 4.21 Å². The number of rotatable bonds is 9. The van der Waals surface area contributed by atoms with Crippen molar-refractivity contribution in [3.8, 4) is 0 Å². The van der Waals surface area contributed by atoms with Gasteiger partial charge in [0.05, 0.1) is 10.8 Å². The number of hydrogen-bond donors (Lipinski definition) is 0. The molecule has 0 aliphatic heterocycles. The lowest BCUT2D eigenvalue weighted by atomic mass is 9.90. The van der Waals surface area contributed by atoms with Crippen molar-refractivity contribution in [1.82, 2.24) is 20.2 Å². The van der Waals surface area contributed by atoms with E-state index in [0.29, 0.717) is 16.3 Å². The van der Waals surface area contributed by atoms with Gasteiger partial charge in [-0.1, -0.05) is 98.1 Å². The van der Waals surface area contributed by atoms with Crippen LogP contribution in [0.15, 0.2) is 29.5 Å². The van der Waals surface area contributed by atoms with Crippen LogP contribution < -0.4 is 0 Å². The van der Waals surface area contributed by atoms with E-state index in [4.69, 9.17) is 0 Å². The molecule has 5 nitrogen and oxygen atoms in total. The summed E-state index contributed by atoms with van der Waals surface area (Å²) in [6, 6.07) is 0. The molecule has 0 saturated carbocycles. The number of nitrogens with zero attached hydrogens (tertiary/aromatic N) is 4. The highest BCUT2D eigenvalue weighted by atomic mass is 32.2. The first kappa shape index (κ1) is 30.9. The zero-order chi connectivity index (χ0) is 23.6. The monoisotopic (exact) mass is 440 g/mol. The molecular formula is C24H48N4OS. The van der Waals surface area contributed by atoms with Crippen LogP contribution in [0.4, 0.5) is 0 Å². The Labute approximate surface area is 189 Å². The van der Waals surface area contributed by atoms with Gasteiger partial charge in [-0.05, 0) is 53.4 Å². The Balaban J connectivity index is 0. The van der Waals surface area contributed by atoms with E-state index in [9.17, 15) is 4.21 Å². The van der Waals surface area contributed by atoms with Crippen molar-refractivity contribution >= 4 is 10.8 Å². The molecule has 1 aromatic rings. The van der Waals surface area contributed by atoms with Gasteiger partial charge in [0.25, 0.3) is 0 Å². The maximum atomic E-state index is 11.8. The third-order valence-electron chi connectivity index (χ3n) is 3.80. The Kier molecular flexibility index (Phi) is 19.0. The summed E-state index contributed by atoms with van der Waals surface area (Å²) in [5, 5.41) is 11.4. The van der Waals surface area contributed by atoms with Gasteiger partial charge in [0.2, 0.25) is 5.16 Å². The molecule has 0 N–H and O–H groups in total. The first-order chi connectivity index (χ1) is 13.9. The lowest BCUT2D eigenvalue weighted by Gasteiger charge is -2.17. The molecule has 0 spiro atoms. The van der Waals surface area contributed by atoms with Crippen molar-refractivity contribution in [3.63, 3.8) is 0 Å². The molecule has 0 radical (unpaired) electrons. The second-order valence-corrected chi connectivity index (χ2v) is 10.8. The summed E-state index contributed by atoms with van der Waals surface area (Å²) in [6.07, 6.45) is 14.4. The molecule has 0 aromatic carbocycles. The fourth-order valence-corrected chi connectivity index (χ4v) is 3.32. The van der Waals surface area contributed by atoms with Gasteiger partial charge < -0.3 is 0 Å². The lowest BCUT2D eigenvalue weighted by molar-refractivity contribution is 0.364. The smallest absolute Gasteiger partial charge is 0.239 e. The third-order valence-corrected chi connectivity index (χ3v) is 5.22. The number of tetrazole rings is 1. The van der Waals surface area contributed by atoms with Crippen LogP contribution in [0.25, 0.3) is 0 Å². The first-order valence-corrected chi connectivity index (χ1v) is 12.7. The molecular weight excluding hydrogens is 392 g/mol. The number of allylic oxidation sites excluding steroid dienone is 4. The fraction of sp³-hybridized carbons (Fsp3) is 0.792. The Morgan fingerprint density at radius 2 is 1.47 bits per heavy atom. The van der Waals surface area contributed by atoms with Crippen molar-refractivity contribution in [2.75, 3.05) is 5.75 Å². The molecule has 1 aromatic heterocycles. The van der Waals surface area contributed by atoms with Crippen LogP contribution in [-0.4, -0.2) is 30.2 Å². The van der Waals surface area contributed by atoms with Gasteiger partial charge in [-0.25, -0.2) is 4.68 Å². The molecule has 0 aliphatic rings. The molecule has 176 valence electrons. The average molecular weight is 441 g/mol. The summed E-state index contributed by atoms with van der Waals surface area (Å²) in [5.74, 6) is 2.09. The van der Waals surface area contributed by atoms with Crippen LogP contribution in [0.2, 0.25) is 0 Å². The van der Waals surface area contributed by atoms with Gasteiger partial charge >= 0.3 is 0 Å². The predicted molar refractivity (Wildman–Crippen MR) is 132 cm³/mol. The quantitative estimate of drug-likeness (QED) is 0.315. The Hall–Kier alpha value is -1.30. The highest BCUT2D eigenvalue weighted by molar-refractivity contribution is 7.84. The molecule has 0 saturated heterocycles. The minimum absolute atomic E-state index is 0.355. The summed E-state index contributed by atoms with van der Waals surface area (Å²) < 4.78 is 13.3. The van der Waals surface area contributed by atoms with Crippen LogP contribution in [0.1, 0.15) is 94.4 Å². The number of unbranched alkanes of at least 4 members (excludes halogenated alkanes) is 1. The van der Waals surface area contributed by atoms with Crippen molar-refractivity contribution in [3.05, 3.63) is 24.3 Å². The van der Waals surface area contributed by atoms with Crippen molar-refractivity contribution < 1.29 is 4.21 Å². The van der Waals surface area contributed by atoms with Crippen LogP contribution in [-0.2, 0) is 17.8 Å². The molecule has 0 bridgehead atoms. The van der Waals surface area contributed by atoms with Gasteiger partial charge in [0.1, 0.15) is 0 Å². The van der Waals surface area contributed by atoms with Crippen LogP contribution in [0, 0.1) is 17.3 Å². The fourth-order valence-electron chi connectivity index (χ4n) is 2.21. The number of aromatic nitrogens is 4. The maximum absolute atomic E-state index is 11.8. The Morgan fingerprint density at radius 1 is 0.967 bits per heavy atom. The van der Waals surface area contributed by atoms with Crippen molar-refractivity contribution in [2.24, 2.45) is 24.3 Å². The summed E-state index contributed by atoms with van der Waals surface area (Å²) in [7, 11) is 0.645. The second-order valence-electron chi connectivity index (χ2n) is 9.31. The van der Waals surface area contributed by atoms with E-state index in [0.717, 1.165) is 43.9 Å².